The molecule has 7 heteroatoms. The molecule has 0 aromatic heterocycles. The van der Waals surface area contributed by atoms with Gasteiger partial charge in [-0.1, -0.05) is 30.3 Å². The van der Waals surface area contributed by atoms with Crippen LogP contribution in [0.4, 0.5) is 23.7 Å². The minimum Gasteiger partial charge on any atom is -0.381 e. The van der Waals surface area contributed by atoms with Crippen LogP contribution in [0, 0.1) is 5.92 Å². The van der Waals surface area contributed by atoms with Crippen LogP contribution in [0.1, 0.15) is 24.0 Å². The number of nitrogens with one attached hydrogen (secondary N) is 1. The molecule has 1 fully saturated rings. The smallest absolute Gasteiger partial charge is 0.381 e. The molecule has 1 aliphatic rings. The average molecular weight is 392 g/mol. The number of carbonyl (C=O) groups is 1. The normalized spacial score (nSPS) is 15.2. The fourth-order valence-electron chi connectivity index (χ4n) is 3.21. The lowest BCUT2D eigenvalue weighted by Crippen LogP contribution is -2.39. The number of hydrogen-bond donors (Lipinski definition) is 1. The standard InChI is InChI=1S/C21H23F3N2O2/c22-21(23,24)18-6-8-19(9-7-18)25-20(27)26(14-16-4-2-1-3-5-16)15-17-10-12-28-13-11-17/h1-9,17H,10-15H2,(H,25,27). The van der Waals surface area contributed by atoms with Crippen LogP contribution in [0.5, 0.6) is 0 Å². The molecule has 3 rings (SSSR count). The molecule has 1 aliphatic heterocycles. The fourth-order valence-corrected chi connectivity index (χ4v) is 3.21. The molecule has 0 unspecified atom stereocenters. The van der Waals surface area contributed by atoms with Crippen LogP contribution < -0.4 is 5.32 Å². The summed E-state index contributed by atoms with van der Waals surface area (Å²) in [6.07, 6.45) is -2.62. The zero-order chi connectivity index (χ0) is 20.0. The Hall–Kier alpha value is -2.54. The fraction of sp³-hybridized carbons (Fsp3) is 0.381. The van der Waals surface area contributed by atoms with Gasteiger partial charge in [-0.2, -0.15) is 13.2 Å². The summed E-state index contributed by atoms with van der Waals surface area (Å²) in [5.74, 6) is 0.343. The largest absolute Gasteiger partial charge is 0.416 e. The highest BCUT2D eigenvalue weighted by atomic mass is 19.4. The van der Waals surface area contributed by atoms with Gasteiger partial charge in [0, 0.05) is 32.0 Å². The van der Waals surface area contributed by atoms with E-state index in [4.69, 9.17) is 4.74 Å². The van der Waals surface area contributed by atoms with E-state index in [2.05, 4.69) is 5.32 Å². The lowest BCUT2D eigenvalue weighted by Gasteiger charge is -2.30. The summed E-state index contributed by atoms with van der Waals surface area (Å²) in [7, 11) is 0. The van der Waals surface area contributed by atoms with Crippen LogP contribution in [-0.2, 0) is 17.5 Å². The zero-order valence-corrected chi connectivity index (χ0v) is 15.4. The molecule has 0 spiro atoms. The highest BCUT2D eigenvalue weighted by Gasteiger charge is 2.30. The molecule has 0 bridgehead atoms. The summed E-state index contributed by atoms with van der Waals surface area (Å²) >= 11 is 0. The van der Waals surface area contributed by atoms with Crippen molar-refractivity contribution < 1.29 is 22.7 Å². The van der Waals surface area contributed by atoms with Crippen LogP contribution in [0.2, 0.25) is 0 Å². The summed E-state index contributed by atoms with van der Waals surface area (Å²) in [5.41, 5.74) is 0.592. The van der Waals surface area contributed by atoms with E-state index in [1.165, 1.54) is 12.1 Å². The number of alkyl halides is 3. The number of hydrogen-bond acceptors (Lipinski definition) is 2. The Bertz CT molecular complexity index is 757. The molecule has 2 amide bonds. The Morgan fingerprint density at radius 1 is 1.04 bits per heavy atom. The van der Waals surface area contributed by atoms with E-state index < -0.39 is 11.7 Å². The molecule has 1 saturated heterocycles. The van der Waals surface area contributed by atoms with Gasteiger partial charge in [0.2, 0.25) is 0 Å². The first-order valence-corrected chi connectivity index (χ1v) is 9.26. The number of amides is 2. The van der Waals surface area contributed by atoms with Crippen LogP contribution in [-0.4, -0.2) is 30.7 Å². The number of carbonyl (C=O) groups excluding carboxylic acids is 1. The molecule has 4 nitrogen and oxygen atoms in total. The monoisotopic (exact) mass is 392 g/mol. The molecule has 0 saturated carbocycles. The van der Waals surface area contributed by atoms with Crippen molar-refractivity contribution in [1.29, 1.82) is 0 Å². The van der Waals surface area contributed by atoms with Crippen LogP contribution in [0.25, 0.3) is 0 Å². The number of anilines is 1. The molecule has 0 aliphatic carbocycles. The van der Waals surface area contributed by atoms with Crippen molar-refractivity contribution >= 4 is 11.7 Å². The van der Waals surface area contributed by atoms with Crippen molar-refractivity contribution in [2.24, 2.45) is 5.92 Å². The van der Waals surface area contributed by atoms with Crippen molar-refractivity contribution in [1.82, 2.24) is 4.90 Å². The first-order valence-electron chi connectivity index (χ1n) is 9.26. The first kappa shape index (κ1) is 20.2. The first-order chi connectivity index (χ1) is 13.4. The van der Waals surface area contributed by atoms with Crippen LogP contribution in [0.15, 0.2) is 54.6 Å². The Balaban J connectivity index is 1.69. The third-order valence-electron chi connectivity index (χ3n) is 4.79. The molecule has 150 valence electrons. The van der Waals surface area contributed by atoms with E-state index in [1.807, 2.05) is 30.3 Å². The van der Waals surface area contributed by atoms with E-state index in [0.717, 1.165) is 30.5 Å². The second-order valence-corrected chi connectivity index (χ2v) is 6.93. The van der Waals surface area contributed by atoms with E-state index >= 15 is 0 Å². The summed E-state index contributed by atoms with van der Waals surface area (Å²) in [5, 5.41) is 2.72. The summed E-state index contributed by atoms with van der Waals surface area (Å²) < 4.78 is 43.5. The van der Waals surface area contributed by atoms with E-state index in [0.29, 0.717) is 37.9 Å². The number of benzene rings is 2. The van der Waals surface area contributed by atoms with Gasteiger partial charge >= 0.3 is 12.2 Å². The van der Waals surface area contributed by atoms with Gasteiger partial charge < -0.3 is 15.0 Å². The third kappa shape index (κ3) is 5.73. The average Bonchev–Trinajstić information content (AvgIpc) is 2.69. The topological polar surface area (TPSA) is 41.6 Å². The third-order valence-corrected chi connectivity index (χ3v) is 4.79. The summed E-state index contributed by atoms with van der Waals surface area (Å²) in [4.78, 5) is 14.5. The molecule has 2 aromatic rings. The second-order valence-electron chi connectivity index (χ2n) is 6.93. The minimum atomic E-state index is -4.40. The van der Waals surface area contributed by atoms with Crippen LogP contribution in [0.3, 0.4) is 0 Å². The zero-order valence-electron chi connectivity index (χ0n) is 15.4. The van der Waals surface area contributed by atoms with Gasteiger partial charge in [0.1, 0.15) is 0 Å². The molecular formula is C21H23F3N2O2. The van der Waals surface area contributed by atoms with Gasteiger partial charge in [-0.3, -0.25) is 0 Å². The van der Waals surface area contributed by atoms with Gasteiger partial charge in [-0.05, 0) is 48.6 Å². The number of nitrogens with zero attached hydrogens (tertiary/aromatic N) is 1. The summed E-state index contributed by atoms with van der Waals surface area (Å²) in [6.45, 7) is 2.38. The van der Waals surface area contributed by atoms with Gasteiger partial charge in [0.05, 0.1) is 5.56 Å². The highest BCUT2D eigenvalue weighted by Crippen LogP contribution is 2.30. The molecule has 0 radical (unpaired) electrons. The lowest BCUT2D eigenvalue weighted by molar-refractivity contribution is -0.137. The van der Waals surface area contributed by atoms with E-state index in [1.54, 1.807) is 4.90 Å². The molecule has 1 heterocycles. The predicted octanol–water partition coefficient (Wildman–Crippen LogP) is 5.17. The Kier molecular flexibility index (Phi) is 6.57. The maximum absolute atomic E-state index is 12.8. The quantitative estimate of drug-likeness (QED) is 0.763. The van der Waals surface area contributed by atoms with Crippen molar-refractivity contribution in [3.8, 4) is 0 Å². The molecular weight excluding hydrogens is 369 g/mol. The molecule has 28 heavy (non-hydrogen) atoms. The minimum absolute atomic E-state index is 0.324. The second kappa shape index (κ2) is 9.10. The van der Waals surface area contributed by atoms with Crippen molar-refractivity contribution in [3.63, 3.8) is 0 Å². The Morgan fingerprint density at radius 3 is 2.29 bits per heavy atom. The van der Waals surface area contributed by atoms with Crippen LogP contribution >= 0.6 is 0 Å². The Labute approximate surface area is 162 Å². The number of rotatable bonds is 5. The van der Waals surface area contributed by atoms with Gasteiger partial charge in [-0.15, -0.1) is 0 Å². The maximum atomic E-state index is 12.8. The van der Waals surface area contributed by atoms with Crippen molar-refractivity contribution in [3.05, 3.63) is 65.7 Å². The maximum Gasteiger partial charge on any atom is 0.416 e. The number of halogens is 3. The van der Waals surface area contributed by atoms with E-state index in [-0.39, 0.29) is 6.03 Å². The molecule has 1 N–H and O–H groups in total. The van der Waals surface area contributed by atoms with Gasteiger partial charge in [-0.25, -0.2) is 4.79 Å². The SMILES string of the molecule is O=C(Nc1ccc(C(F)(F)F)cc1)N(Cc1ccccc1)CC1CCOCC1. The van der Waals surface area contributed by atoms with Gasteiger partial charge in [0.25, 0.3) is 0 Å². The highest BCUT2D eigenvalue weighted by molar-refractivity contribution is 5.89. The van der Waals surface area contributed by atoms with Gasteiger partial charge in [0.15, 0.2) is 0 Å². The number of ether oxygens (including phenoxy) is 1. The molecule has 0 atom stereocenters. The van der Waals surface area contributed by atoms with Crippen molar-refractivity contribution in [2.45, 2.75) is 25.6 Å². The predicted molar refractivity (Wildman–Crippen MR) is 101 cm³/mol. The Morgan fingerprint density at radius 2 is 1.68 bits per heavy atom. The lowest BCUT2D eigenvalue weighted by atomic mass is 9.99. The summed E-state index contributed by atoms with van der Waals surface area (Å²) in [6, 6.07) is 13.8. The molecule has 2 aromatic carbocycles. The van der Waals surface area contributed by atoms with E-state index in [9.17, 15) is 18.0 Å². The number of urea groups is 1. The van der Waals surface area contributed by atoms with Crippen molar-refractivity contribution in [2.75, 3.05) is 25.1 Å².